The summed E-state index contributed by atoms with van der Waals surface area (Å²) in [6.45, 7) is 2.91. The van der Waals surface area contributed by atoms with Gasteiger partial charge in [-0.2, -0.15) is 0 Å². The maximum atomic E-state index is 5.91. The summed E-state index contributed by atoms with van der Waals surface area (Å²) in [5.41, 5.74) is 8.89. The number of benzene rings is 1. The molecule has 0 bridgehead atoms. The Morgan fingerprint density at radius 3 is 2.53 bits per heavy atom. The third-order valence-corrected chi connectivity index (χ3v) is 3.71. The Morgan fingerprint density at radius 1 is 1.40 bits per heavy atom. The number of nitrogens with two attached hydrogens (primary N) is 1. The van der Waals surface area contributed by atoms with Crippen molar-refractivity contribution in [2.45, 2.75) is 31.6 Å². The van der Waals surface area contributed by atoms with Crippen LogP contribution in [0.5, 0.6) is 5.75 Å². The molecule has 0 aliphatic heterocycles. The van der Waals surface area contributed by atoms with Crippen molar-refractivity contribution in [3.63, 3.8) is 0 Å². The first-order valence-corrected chi connectivity index (χ1v) is 5.57. The number of methoxy groups -OCH3 is 1. The lowest BCUT2D eigenvalue weighted by Gasteiger charge is -2.42. The van der Waals surface area contributed by atoms with Gasteiger partial charge in [0.05, 0.1) is 7.11 Å². The molecule has 2 heteroatoms. The van der Waals surface area contributed by atoms with Gasteiger partial charge in [0.25, 0.3) is 0 Å². The zero-order valence-corrected chi connectivity index (χ0v) is 9.55. The third kappa shape index (κ3) is 1.63. The van der Waals surface area contributed by atoms with Gasteiger partial charge in [-0.05, 0) is 43.0 Å². The van der Waals surface area contributed by atoms with Gasteiger partial charge in [0.2, 0.25) is 0 Å². The normalized spacial score (nSPS) is 18.3. The second-order valence-electron chi connectivity index (χ2n) is 4.52. The highest BCUT2D eigenvalue weighted by Gasteiger charge is 2.38. The van der Waals surface area contributed by atoms with Crippen molar-refractivity contribution in [1.82, 2.24) is 0 Å². The Bertz CT molecular complexity index is 350. The molecule has 0 aromatic heterocycles. The molecule has 0 spiro atoms. The first-order chi connectivity index (χ1) is 7.22. The van der Waals surface area contributed by atoms with Crippen LogP contribution in [0, 0.1) is 6.92 Å². The van der Waals surface area contributed by atoms with Crippen molar-refractivity contribution in [3.05, 3.63) is 29.3 Å². The predicted octanol–water partition coefficient (Wildman–Crippen LogP) is 2.38. The van der Waals surface area contributed by atoms with Gasteiger partial charge in [-0.3, -0.25) is 0 Å². The Labute approximate surface area is 91.4 Å². The lowest BCUT2D eigenvalue weighted by Crippen LogP contribution is -2.42. The van der Waals surface area contributed by atoms with Crippen molar-refractivity contribution in [1.29, 1.82) is 0 Å². The largest absolute Gasteiger partial charge is 0.497 e. The van der Waals surface area contributed by atoms with Crippen LogP contribution in [0.25, 0.3) is 0 Å². The second kappa shape index (κ2) is 3.86. The molecule has 2 nitrogen and oxygen atoms in total. The van der Waals surface area contributed by atoms with E-state index in [9.17, 15) is 0 Å². The summed E-state index contributed by atoms with van der Waals surface area (Å²) < 4.78 is 5.22. The van der Waals surface area contributed by atoms with E-state index in [1.54, 1.807) is 7.11 Å². The maximum Gasteiger partial charge on any atom is 0.119 e. The van der Waals surface area contributed by atoms with Gasteiger partial charge in [0, 0.05) is 12.0 Å². The van der Waals surface area contributed by atoms with Crippen molar-refractivity contribution >= 4 is 0 Å². The van der Waals surface area contributed by atoms with Crippen LogP contribution in [-0.4, -0.2) is 13.7 Å². The molecular weight excluding hydrogens is 186 g/mol. The van der Waals surface area contributed by atoms with Crippen LogP contribution < -0.4 is 10.5 Å². The van der Waals surface area contributed by atoms with Gasteiger partial charge in [-0.1, -0.05) is 12.5 Å². The van der Waals surface area contributed by atoms with Crippen molar-refractivity contribution in [2.24, 2.45) is 5.73 Å². The molecular formula is C13H19NO. The molecule has 1 aromatic rings. The molecule has 1 aliphatic rings. The van der Waals surface area contributed by atoms with Crippen LogP contribution in [-0.2, 0) is 5.41 Å². The number of hydrogen-bond acceptors (Lipinski definition) is 2. The third-order valence-electron chi connectivity index (χ3n) is 3.71. The Hall–Kier alpha value is -1.02. The van der Waals surface area contributed by atoms with Gasteiger partial charge in [0.1, 0.15) is 5.75 Å². The topological polar surface area (TPSA) is 35.2 Å². The fraction of sp³-hybridized carbons (Fsp3) is 0.538. The summed E-state index contributed by atoms with van der Waals surface area (Å²) in [6, 6.07) is 6.32. The number of aryl methyl sites for hydroxylation is 1. The summed E-state index contributed by atoms with van der Waals surface area (Å²) in [7, 11) is 1.70. The molecule has 2 rings (SSSR count). The monoisotopic (exact) mass is 205 g/mol. The van der Waals surface area contributed by atoms with Crippen molar-refractivity contribution in [2.75, 3.05) is 13.7 Å². The highest BCUT2D eigenvalue weighted by atomic mass is 16.5. The van der Waals surface area contributed by atoms with Crippen LogP contribution >= 0.6 is 0 Å². The van der Waals surface area contributed by atoms with E-state index in [4.69, 9.17) is 10.5 Å². The van der Waals surface area contributed by atoms with E-state index in [1.807, 2.05) is 6.07 Å². The predicted molar refractivity (Wildman–Crippen MR) is 62.3 cm³/mol. The van der Waals surface area contributed by atoms with Gasteiger partial charge < -0.3 is 10.5 Å². The van der Waals surface area contributed by atoms with E-state index in [2.05, 4.69) is 19.1 Å². The molecule has 82 valence electrons. The molecule has 1 aliphatic carbocycles. The highest BCUT2D eigenvalue weighted by Crippen LogP contribution is 2.44. The van der Waals surface area contributed by atoms with E-state index in [1.165, 1.54) is 30.4 Å². The van der Waals surface area contributed by atoms with Crippen molar-refractivity contribution < 1.29 is 4.74 Å². The standard InChI is InChI=1S/C13H19NO/c1-10-8-11(15-2)4-5-12(10)13(9-14)6-3-7-13/h4-5,8H,3,6-7,9,14H2,1-2H3. The second-order valence-corrected chi connectivity index (χ2v) is 4.52. The van der Waals surface area contributed by atoms with Gasteiger partial charge >= 0.3 is 0 Å². The smallest absolute Gasteiger partial charge is 0.119 e. The molecule has 2 N–H and O–H groups in total. The molecule has 15 heavy (non-hydrogen) atoms. The molecule has 0 amide bonds. The summed E-state index contributed by atoms with van der Waals surface area (Å²) >= 11 is 0. The minimum Gasteiger partial charge on any atom is -0.497 e. The van der Waals surface area contributed by atoms with E-state index in [-0.39, 0.29) is 5.41 Å². The molecule has 0 radical (unpaired) electrons. The lowest BCUT2D eigenvalue weighted by atomic mass is 9.63. The summed E-state index contributed by atoms with van der Waals surface area (Å²) in [5.74, 6) is 0.933. The molecule has 0 unspecified atom stereocenters. The molecule has 0 atom stereocenters. The SMILES string of the molecule is COc1ccc(C2(CN)CCC2)c(C)c1. The fourth-order valence-electron chi connectivity index (χ4n) is 2.55. The average molecular weight is 205 g/mol. The minimum absolute atomic E-state index is 0.260. The Morgan fingerprint density at radius 2 is 2.13 bits per heavy atom. The van der Waals surface area contributed by atoms with Crippen molar-refractivity contribution in [3.8, 4) is 5.75 Å². The van der Waals surface area contributed by atoms with Gasteiger partial charge in [-0.25, -0.2) is 0 Å². The quantitative estimate of drug-likeness (QED) is 0.822. The van der Waals surface area contributed by atoms with Crippen LogP contribution in [0.3, 0.4) is 0 Å². The molecule has 0 saturated heterocycles. The van der Waals surface area contributed by atoms with E-state index in [0.717, 1.165) is 12.3 Å². The van der Waals surface area contributed by atoms with Crippen LogP contribution in [0.2, 0.25) is 0 Å². The average Bonchev–Trinajstić information content (AvgIpc) is 2.19. The molecule has 1 fully saturated rings. The number of ether oxygens (including phenoxy) is 1. The number of hydrogen-bond donors (Lipinski definition) is 1. The van der Waals surface area contributed by atoms with Crippen LogP contribution in [0.1, 0.15) is 30.4 Å². The molecule has 1 aromatic carbocycles. The van der Waals surface area contributed by atoms with Crippen LogP contribution in [0.15, 0.2) is 18.2 Å². The Balaban J connectivity index is 2.36. The maximum absolute atomic E-state index is 5.91. The first kappa shape index (κ1) is 10.5. The van der Waals surface area contributed by atoms with Crippen LogP contribution in [0.4, 0.5) is 0 Å². The summed E-state index contributed by atoms with van der Waals surface area (Å²) in [4.78, 5) is 0. The van der Waals surface area contributed by atoms with Gasteiger partial charge in [-0.15, -0.1) is 0 Å². The Kier molecular flexibility index (Phi) is 2.70. The first-order valence-electron chi connectivity index (χ1n) is 5.57. The zero-order valence-electron chi connectivity index (χ0n) is 9.55. The number of rotatable bonds is 3. The van der Waals surface area contributed by atoms with E-state index < -0.39 is 0 Å². The summed E-state index contributed by atoms with van der Waals surface area (Å²) in [5, 5.41) is 0. The van der Waals surface area contributed by atoms with E-state index >= 15 is 0 Å². The van der Waals surface area contributed by atoms with E-state index in [0.29, 0.717) is 0 Å². The zero-order chi connectivity index (χ0) is 10.9. The minimum atomic E-state index is 0.260. The summed E-state index contributed by atoms with van der Waals surface area (Å²) in [6.07, 6.45) is 3.77. The molecule has 1 saturated carbocycles. The fourth-order valence-corrected chi connectivity index (χ4v) is 2.55. The highest BCUT2D eigenvalue weighted by molar-refractivity contribution is 5.41. The molecule has 0 heterocycles. The lowest BCUT2D eigenvalue weighted by molar-refractivity contribution is 0.251. The van der Waals surface area contributed by atoms with Gasteiger partial charge in [0.15, 0.2) is 0 Å².